The number of aliphatic hydroxyl groups excluding tert-OH is 1. The summed E-state index contributed by atoms with van der Waals surface area (Å²) in [6.45, 7) is 10.2. The summed E-state index contributed by atoms with van der Waals surface area (Å²) in [5.41, 5.74) is 2.76. The molecule has 2 N–H and O–H groups in total. The molecule has 5 nitrogen and oxygen atoms in total. The van der Waals surface area contributed by atoms with Crippen molar-refractivity contribution < 1.29 is 9.90 Å². The zero-order chi connectivity index (χ0) is 17.0. The quantitative estimate of drug-likeness (QED) is 0.860. The van der Waals surface area contributed by atoms with Gasteiger partial charge in [0.1, 0.15) is 0 Å². The van der Waals surface area contributed by atoms with Crippen molar-refractivity contribution in [1.29, 1.82) is 0 Å². The van der Waals surface area contributed by atoms with E-state index in [0.717, 1.165) is 37.3 Å². The van der Waals surface area contributed by atoms with Gasteiger partial charge in [0.05, 0.1) is 23.4 Å². The number of amides is 1. The van der Waals surface area contributed by atoms with Crippen molar-refractivity contribution in [2.45, 2.75) is 26.8 Å². The number of anilines is 1. The lowest BCUT2D eigenvalue weighted by molar-refractivity contribution is -0.121. The number of β-amino-alcohol motifs (C(OH)–C–C–N with tert-alkyl or cyclic N) is 1. The highest BCUT2D eigenvalue weighted by atomic mass is 35.5. The maximum absolute atomic E-state index is 12.5. The SMILES string of the molecule is Cc1cc(C)c(NC(=O)C(C)N2CCN(CCO)CC2)c(Cl)c1. The Morgan fingerprint density at radius 3 is 2.52 bits per heavy atom. The molecule has 0 aromatic heterocycles. The standard InChI is InChI=1S/C17H26ClN3O2/c1-12-10-13(2)16(15(18)11-12)19-17(23)14(3)21-6-4-20(5-7-21)8-9-22/h10-11,14,22H,4-9H2,1-3H3,(H,19,23). The molecule has 1 saturated heterocycles. The summed E-state index contributed by atoms with van der Waals surface area (Å²) >= 11 is 6.26. The minimum Gasteiger partial charge on any atom is -0.395 e. The Morgan fingerprint density at radius 2 is 1.96 bits per heavy atom. The number of aliphatic hydroxyl groups is 1. The zero-order valence-corrected chi connectivity index (χ0v) is 14.9. The third-order valence-corrected chi connectivity index (χ3v) is 4.73. The first-order valence-electron chi connectivity index (χ1n) is 8.07. The molecular weight excluding hydrogens is 314 g/mol. The van der Waals surface area contributed by atoms with Crippen molar-refractivity contribution in [3.05, 3.63) is 28.3 Å². The summed E-state index contributed by atoms with van der Waals surface area (Å²) in [5.74, 6) is -0.0329. The normalized spacial score (nSPS) is 18.0. The molecule has 128 valence electrons. The number of carbonyl (C=O) groups excluding carboxylic acids is 1. The highest BCUT2D eigenvalue weighted by Crippen LogP contribution is 2.27. The number of nitrogens with one attached hydrogen (secondary N) is 1. The number of benzene rings is 1. The van der Waals surface area contributed by atoms with E-state index in [1.807, 2.05) is 32.9 Å². The Kier molecular flexibility index (Phi) is 6.41. The average molecular weight is 340 g/mol. The van der Waals surface area contributed by atoms with E-state index in [4.69, 9.17) is 16.7 Å². The summed E-state index contributed by atoms with van der Waals surface area (Å²) < 4.78 is 0. The minimum atomic E-state index is -0.206. The number of nitrogens with zero attached hydrogens (tertiary/aromatic N) is 2. The summed E-state index contributed by atoms with van der Waals surface area (Å²) in [7, 11) is 0. The van der Waals surface area contributed by atoms with Gasteiger partial charge in [0, 0.05) is 32.7 Å². The summed E-state index contributed by atoms with van der Waals surface area (Å²) in [5, 5.41) is 12.5. The second-order valence-corrected chi connectivity index (χ2v) is 6.61. The Morgan fingerprint density at radius 1 is 1.30 bits per heavy atom. The predicted molar refractivity (Wildman–Crippen MR) is 94.1 cm³/mol. The average Bonchev–Trinajstić information content (AvgIpc) is 2.51. The smallest absolute Gasteiger partial charge is 0.241 e. The highest BCUT2D eigenvalue weighted by Gasteiger charge is 2.26. The minimum absolute atomic E-state index is 0.0329. The van der Waals surface area contributed by atoms with Crippen molar-refractivity contribution in [2.24, 2.45) is 0 Å². The molecule has 1 unspecified atom stereocenters. The van der Waals surface area contributed by atoms with Gasteiger partial charge in [-0.3, -0.25) is 14.6 Å². The second-order valence-electron chi connectivity index (χ2n) is 6.21. The van der Waals surface area contributed by atoms with Crippen LogP contribution in [0.2, 0.25) is 5.02 Å². The van der Waals surface area contributed by atoms with E-state index in [-0.39, 0.29) is 18.6 Å². The third-order valence-electron chi connectivity index (χ3n) is 4.43. The van der Waals surface area contributed by atoms with Crippen LogP contribution in [0, 0.1) is 13.8 Å². The van der Waals surface area contributed by atoms with E-state index < -0.39 is 0 Å². The molecule has 1 atom stereocenters. The number of carbonyl (C=O) groups is 1. The fourth-order valence-electron chi connectivity index (χ4n) is 2.98. The lowest BCUT2D eigenvalue weighted by Gasteiger charge is -2.37. The molecule has 1 amide bonds. The molecule has 0 aliphatic carbocycles. The number of halogens is 1. The van der Waals surface area contributed by atoms with E-state index in [0.29, 0.717) is 17.3 Å². The fourth-order valence-corrected chi connectivity index (χ4v) is 3.35. The number of hydrogen-bond donors (Lipinski definition) is 2. The molecule has 2 rings (SSSR count). The number of aryl methyl sites for hydroxylation is 2. The van der Waals surface area contributed by atoms with Crippen LogP contribution >= 0.6 is 11.6 Å². The van der Waals surface area contributed by atoms with E-state index in [9.17, 15) is 4.79 Å². The molecule has 1 aromatic carbocycles. The van der Waals surface area contributed by atoms with Gasteiger partial charge in [-0.1, -0.05) is 17.7 Å². The van der Waals surface area contributed by atoms with Crippen molar-refractivity contribution in [3.63, 3.8) is 0 Å². The van der Waals surface area contributed by atoms with Crippen LogP contribution in [0.1, 0.15) is 18.1 Å². The fraction of sp³-hybridized carbons (Fsp3) is 0.588. The highest BCUT2D eigenvalue weighted by molar-refractivity contribution is 6.34. The van der Waals surface area contributed by atoms with Crippen molar-refractivity contribution in [3.8, 4) is 0 Å². The monoisotopic (exact) mass is 339 g/mol. The molecule has 0 bridgehead atoms. The van der Waals surface area contributed by atoms with Crippen LogP contribution in [-0.2, 0) is 4.79 Å². The van der Waals surface area contributed by atoms with Gasteiger partial charge in [-0.05, 0) is 38.0 Å². The molecule has 1 aromatic rings. The predicted octanol–water partition coefficient (Wildman–Crippen LogP) is 1.89. The van der Waals surface area contributed by atoms with Crippen LogP contribution in [0.4, 0.5) is 5.69 Å². The lowest BCUT2D eigenvalue weighted by atomic mass is 10.1. The molecule has 1 fully saturated rings. The Labute approximate surface area is 143 Å². The topological polar surface area (TPSA) is 55.8 Å². The van der Waals surface area contributed by atoms with Gasteiger partial charge in [0.25, 0.3) is 0 Å². The molecule has 0 spiro atoms. The number of piperazine rings is 1. The number of hydrogen-bond acceptors (Lipinski definition) is 4. The van der Waals surface area contributed by atoms with Crippen molar-refractivity contribution >= 4 is 23.2 Å². The van der Waals surface area contributed by atoms with Crippen molar-refractivity contribution in [2.75, 3.05) is 44.6 Å². The Bertz CT molecular complexity index is 534. The molecule has 1 aliphatic rings. The molecule has 0 radical (unpaired) electrons. The van der Waals surface area contributed by atoms with Gasteiger partial charge >= 0.3 is 0 Å². The van der Waals surface area contributed by atoms with Crippen LogP contribution in [-0.4, -0.2) is 66.2 Å². The number of rotatable bonds is 5. The van der Waals surface area contributed by atoms with Gasteiger partial charge in [-0.25, -0.2) is 0 Å². The second kappa shape index (κ2) is 8.11. The van der Waals surface area contributed by atoms with Crippen LogP contribution in [0.5, 0.6) is 0 Å². The van der Waals surface area contributed by atoms with Gasteiger partial charge in [-0.2, -0.15) is 0 Å². The van der Waals surface area contributed by atoms with Crippen LogP contribution in [0.3, 0.4) is 0 Å². The Hall–Kier alpha value is -1.14. The molecule has 0 saturated carbocycles. The van der Waals surface area contributed by atoms with E-state index in [1.54, 1.807) is 0 Å². The van der Waals surface area contributed by atoms with E-state index >= 15 is 0 Å². The van der Waals surface area contributed by atoms with Gasteiger partial charge < -0.3 is 10.4 Å². The first-order valence-corrected chi connectivity index (χ1v) is 8.45. The van der Waals surface area contributed by atoms with Crippen LogP contribution < -0.4 is 5.32 Å². The summed E-state index contributed by atoms with van der Waals surface area (Å²) in [6.07, 6.45) is 0. The molecule has 1 heterocycles. The van der Waals surface area contributed by atoms with E-state index in [2.05, 4.69) is 15.1 Å². The molecule has 6 heteroatoms. The Balaban J connectivity index is 1.96. The third kappa shape index (κ3) is 4.67. The molecular formula is C17H26ClN3O2. The maximum atomic E-state index is 12.5. The largest absolute Gasteiger partial charge is 0.395 e. The van der Waals surface area contributed by atoms with Crippen LogP contribution in [0.15, 0.2) is 12.1 Å². The maximum Gasteiger partial charge on any atom is 0.241 e. The molecule has 1 aliphatic heterocycles. The zero-order valence-electron chi connectivity index (χ0n) is 14.1. The van der Waals surface area contributed by atoms with Gasteiger partial charge in [0.2, 0.25) is 5.91 Å². The van der Waals surface area contributed by atoms with Crippen LogP contribution in [0.25, 0.3) is 0 Å². The van der Waals surface area contributed by atoms with Crippen molar-refractivity contribution in [1.82, 2.24) is 9.80 Å². The molecule has 23 heavy (non-hydrogen) atoms. The first-order chi connectivity index (χ1) is 10.9. The summed E-state index contributed by atoms with van der Waals surface area (Å²) in [6, 6.07) is 3.67. The van der Waals surface area contributed by atoms with E-state index in [1.165, 1.54) is 0 Å². The van der Waals surface area contributed by atoms with Gasteiger partial charge in [-0.15, -0.1) is 0 Å². The lowest BCUT2D eigenvalue weighted by Crippen LogP contribution is -2.53. The summed E-state index contributed by atoms with van der Waals surface area (Å²) in [4.78, 5) is 16.9. The first kappa shape index (κ1) is 18.2. The van der Waals surface area contributed by atoms with Gasteiger partial charge in [0.15, 0.2) is 0 Å².